The molecule has 24 heavy (non-hydrogen) atoms. The second kappa shape index (κ2) is 7.63. The van der Waals surface area contributed by atoms with Crippen molar-refractivity contribution in [3.63, 3.8) is 0 Å². The molecule has 0 spiro atoms. The van der Waals surface area contributed by atoms with Crippen LogP contribution in [-0.4, -0.2) is 17.9 Å². The van der Waals surface area contributed by atoms with Crippen molar-refractivity contribution in [2.75, 3.05) is 7.05 Å². The second-order valence-electron chi connectivity index (χ2n) is 6.45. The summed E-state index contributed by atoms with van der Waals surface area (Å²) in [5, 5.41) is 8.99. The standard InChI is InChI=1S/C20H22N2OS/c1-22(14-16-8-6-7-15(11-16)13-21)20(23)19-12-17-9-4-2-3-5-10-18(17)24-19/h6-8,11-12H,2-5,9-10,14H2,1H3. The van der Waals surface area contributed by atoms with E-state index in [9.17, 15) is 4.79 Å². The summed E-state index contributed by atoms with van der Waals surface area (Å²) in [4.78, 5) is 16.8. The van der Waals surface area contributed by atoms with Crippen LogP contribution in [0.4, 0.5) is 0 Å². The normalized spacial score (nSPS) is 14.2. The van der Waals surface area contributed by atoms with Crippen LogP contribution < -0.4 is 0 Å². The van der Waals surface area contributed by atoms with Gasteiger partial charge in [0.1, 0.15) is 0 Å². The van der Waals surface area contributed by atoms with Crippen molar-refractivity contribution >= 4 is 17.2 Å². The van der Waals surface area contributed by atoms with Crippen LogP contribution in [0.1, 0.15) is 56.9 Å². The molecule has 0 N–H and O–H groups in total. The van der Waals surface area contributed by atoms with Gasteiger partial charge in [-0.2, -0.15) is 5.26 Å². The van der Waals surface area contributed by atoms with E-state index in [1.165, 1.54) is 36.1 Å². The van der Waals surface area contributed by atoms with Crippen LogP contribution in [0, 0.1) is 11.3 Å². The number of aryl methyl sites for hydroxylation is 2. The van der Waals surface area contributed by atoms with E-state index >= 15 is 0 Å². The zero-order valence-corrected chi connectivity index (χ0v) is 14.9. The molecule has 3 nitrogen and oxygen atoms in total. The number of nitrogens with zero attached hydrogens (tertiary/aromatic N) is 2. The van der Waals surface area contributed by atoms with Crippen molar-refractivity contribution in [1.29, 1.82) is 5.26 Å². The van der Waals surface area contributed by atoms with Gasteiger partial charge in [0.2, 0.25) is 0 Å². The molecular weight excluding hydrogens is 316 g/mol. The SMILES string of the molecule is CN(Cc1cccc(C#N)c1)C(=O)c1cc2c(s1)CCCCCC2. The predicted molar refractivity (Wildman–Crippen MR) is 97.1 cm³/mol. The summed E-state index contributed by atoms with van der Waals surface area (Å²) in [6.45, 7) is 0.525. The molecule has 2 aromatic rings. The van der Waals surface area contributed by atoms with Crippen molar-refractivity contribution in [1.82, 2.24) is 4.90 Å². The van der Waals surface area contributed by atoms with E-state index in [2.05, 4.69) is 12.1 Å². The highest BCUT2D eigenvalue weighted by Crippen LogP contribution is 2.29. The summed E-state index contributed by atoms with van der Waals surface area (Å²) in [5.41, 5.74) is 3.00. The summed E-state index contributed by atoms with van der Waals surface area (Å²) in [7, 11) is 1.83. The third-order valence-corrected chi connectivity index (χ3v) is 5.75. The lowest BCUT2D eigenvalue weighted by Crippen LogP contribution is -2.25. The van der Waals surface area contributed by atoms with Gasteiger partial charge in [0.25, 0.3) is 5.91 Å². The zero-order valence-electron chi connectivity index (χ0n) is 14.0. The van der Waals surface area contributed by atoms with Crippen molar-refractivity contribution in [3.8, 4) is 6.07 Å². The van der Waals surface area contributed by atoms with Crippen LogP contribution in [0.2, 0.25) is 0 Å². The monoisotopic (exact) mass is 338 g/mol. The Morgan fingerprint density at radius 3 is 2.79 bits per heavy atom. The number of nitriles is 1. The first kappa shape index (κ1) is 16.7. The van der Waals surface area contributed by atoms with Crippen LogP contribution in [0.15, 0.2) is 30.3 Å². The van der Waals surface area contributed by atoms with Crippen LogP contribution in [0.5, 0.6) is 0 Å². The molecule has 0 bridgehead atoms. The number of benzene rings is 1. The zero-order chi connectivity index (χ0) is 16.9. The first-order valence-corrected chi connectivity index (χ1v) is 9.35. The highest BCUT2D eigenvalue weighted by atomic mass is 32.1. The van der Waals surface area contributed by atoms with Gasteiger partial charge in [0.15, 0.2) is 0 Å². The lowest BCUT2D eigenvalue weighted by atomic mass is 10.00. The number of rotatable bonds is 3. The van der Waals surface area contributed by atoms with Gasteiger partial charge in [-0.05, 0) is 55.0 Å². The molecule has 4 heteroatoms. The maximum atomic E-state index is 12.8. The first-order valence-electron chi connectivity index (χ1n) is 8.53. The lowest BCUT2D eigenvalue weighted by Gasteiger charge is -2.16. The molecule has 3 rings (SSSR count). The molecule has 1 amide bonds. The van der Waals surface area contributed by atoms with Crippen molar-refractivity contribution in [2.24, 2.45) is 0 Å². The number of carbonyl (C=O) groups excluding carboxylic acids is 1. The molecule has 1 aromatic heterocycles. The minimum Gasteiger partial charge on any atom is -0.337 e. The van der Waals surface area contributed by atoms with Gasteiger partial charge >= 0.3 is 0 Å². The molecule has 0 unspecified atom stereocenters. The van der Waals surface area contributed by atoms with Crippen LogP contribution in [-0.2, 0) is 19.4 Å². The minimum absolute atomic E-state index is 0.0779. The topological polar surface area (TPSA) is 44.1 Å². The quantitative estimate of drug-likeness (QED) is 0.824. The fourth-order valence-corrected chi connectivity index (χ4v) is 4.47. The Morgan fingerprint density at radius 1 is 1.21 bits per heavy atom. The van der Waals surface area contributed by atoms with Gasteiger partial charge < -0.3 is 4.90 Å². The summed E-state index contributed by atoms with van der Waals surface area (Å²) >= 11 is 1.67. The van der Waals surface area contributed by atoms with Gasteiger partial charge in [-0.15, -0.1) is 11.3 Å². The van der Waals surface area contributed by atoms with Crippen LogP contribution >= 0.6 is 11.3 Å². The summed E-state index contributed by atoms with van der Waals surface area (Å²) in [6, 6.07) is 11.7. The Hall–Kier alpha value is -2.12. The van der Waals surface area contributed by atoms with Crippen molar-refractivity contribution in [3.05, 3.63) is 56.8 Å². The molecule has 0 atom stereocenters. The lowest BCUT2D eigenvalue weighted by molar-refractivity contribution is 0.0790. The average molecular weight is 338 g/mol. The van der Waals surface area contributed by atoms with Gasteiger partial charge in [-0.1, -0.05) is 25.0 Å². The Morgan fingerprint density at radius 2 is 2.00 bits per heavy atom. The van der Waals surface area contributed by atoms with E-state index in [0.717, 1.165) is 23.3 Å². The van der Waals surface area contributed by atoms with E-state index < -0.39 is 0 Å². The maximum absolute atomic E-state index is 12.8. The number of hydrogen-bond donors (Lipinski definition) is 0. The van der Waals surface area contributed by atoms with Crippen molar-refractivity contribution < 1.29 is 4.79 Å². The summed E-state index contributed by atoms with van der Waals surface area (Å²) in [6.07, 6.45) is 7.28. The Labute approximate surface area is 147 Å². The Bertz CT molecular complexity index is 747. The Kier molecular flexibility index (Phi) is 5.32. The van der Waals surface area contributed by atoms with E-state index in [-0.39, 0.29) is 5.91 Å². The van der Waals surface area contributed by atoms with E-state index in [0.29, 0.717) is 12.1 Å². The molecule has 0 aliphatic heterocycles. The fraction of sp³-hybridized carbons (Fsp3) is 0.400. The van der Waals surface area contributed by atoms with Gasteiger partial charge in [0.05, 0.1) is 16.5 Å². The predicted octanol–water partition coefficient (Wildman–Crippen LogP) is 4.55. The number of amides is 1. The molecule has 0 fully saturated rings. The minimum atomic E-state index is 0.0779. The number of carbonyl (C=O) groups is 1. The van der Waals surface area contributed by atoms with E-state index in [1.807, 2.05) is 25.2 Å². The molecule has 124 valence electrons. The molecule has 0 saturated heterocycles. The smallest absolute Gasteiger partial charge is 0.263 e. The first-order chi connectivity index (χ1) is 11.7. The number of fused-ring (bicyclic) bond motifs is 1. The molecule has 1 aliphatic carbocycles. The van der Waals surface area contributed by atoms with Crippen molar-refractivity contribution in [2.45, 2.75) is 45.1 Å². The molecule has 0 radical (unpaired) electrons. The van der Waals surface area contributed by atoms with Gasteiger partial charge in [-0.25, -0.2) is 0 Å². The summed E-state index contributed by atoms with van der Waals surface area (Å²) < 4.78 is 0. The largest absolute Gasteiger partial charge is 0.337 e. The van der Waals surface area contributed by atoms with Gasteiger partial charge in [-0.3, -0.25) is 4.79 Å². The van der Waals surface area contributed by atoms with Crippen LogP contribution in [0.3, 0.4) is 0 Å². The molecule has 1 aromatic carbocycles. The Balaban J connectivity index is 1.73. The van der Waals surface area contributed by atoms with Crippen LogP contribution in [0.25, 0.3) is 0 Å². The second-order valence-corrected chi connectivity index (χ2v) is 7.58. The molecule has 1 aliphatic rings. The van der Waals surface area contributed by atoms with Gasteiger partial charge in [0, 0.05) is 18.5 Å². The highest BCUT2D eigenvalue weighted by molar-refractivity contribution is 7.14. The molecular formula is C20H22N2OS. The molecule has 1 heterocycles. The average Bonchev–Trinajstić information content (AvgIpc) is 2.96. The third-order valence-electron chi connectivity index (χ3n) is 4.53. The number of thiophene rings is 1. The highest BCUT2D eigenvalue weighted by Gasteiger charge is 2.18. The van der Waals surface area contributed by atoms with E-state index in [4.69, 9.17) is 5.26 Å². The molecule has 0 saturated carbocycles. The third kappa shape index (κ3) is 3.85. The summed E-state index contributed by atoms with van der Waals surface area (Å²) in [5.74, 6) is 0.0779. The number of hydrogen-bond acceptors (Lipinski definition) is 3. The fourth-order valence-electron chi connectivity index (χ4n) is 3.22. The maximum Gasteiger partial charge on any atom is 0.263 e. The van der Waals surface area contributed by atoms with E-state index in [1.54, 1.807) is 22.3 Å².